The van der Waals surface area contributed by atoms with E-state index in [0.717, 1.165) is 12.1 Å². The lowest BCUT2D eigenvalue weighted by Crippen LogP contribution is -2.58. The maximum absolute atomic E-state index is 12.6. The predicted octanol–water partition coefficient (Wildman–Crippen LogP) is 2.46. The number of hydrogen-bond acceptors (Lipinski definition) is 3. The van der Waals surface area contributed by atoms with E-state index in [9.17, 15) is 14.4 Å². The Morgan fingerprint density at radius 3 is 2.52 bits per heavy atom. The normalized spacial score (nSPS) is 17.2. The molecule has 1 fully saturated rings. The number of rotatable bonds is 7. The summed E-state index contributed by atoms with van der Waals surface area (Å²) in [5.41, 5.74) is 1.70. The quantitative estimate of drug-likeness (QED) is 0.749. The summed E-state index contributed by atoms with van der Waals surface area (Å²) in [4.78, 5) is 39.9. The second-order valence-electron chi connectivity index (χ2n) is 7.33. The lowest BCUT2D eigenvalue weighted by molar-refractivity contribution is -0.151. The Balaban J connectivity index is 1.87. The molecule has 1 unspecified atom stereocenters. The van der Waals surface area contributed by atoms with Crippen molar-refractivity contribution in [3.63, 3.8) is 0 Å². The summed E-state index contributed by atoms with van der Waals surface area (Å²) >= 11 is 0. The van der Waals surface area contributed by atoms with Crippen molar-refractivity contribution in [3.8, 4) is 0 Å². The fourth-order valence-electron chi connectivity index (χ4n) is 3.24. The van der Waals surface area contributed by atoms with Crippen molar-refractivity contribution < 1.29 is 14.4 Å². The molecule has 1 aromatic rings. The van der Waals surface area contributed by atoms with Crippen molar-refractivity contribution in [3.05, 3.63) is 42.5 Å². The van der Waals surface area contributed by atoms with Gasteiger partial charge in [-0.05, 0) is 43.0 Å². The molecule has 146 valence electrons. The van der Waals surface area contributed by atoms with Gasteiger partial charge in [-0.3, -0.25) is 14.4 Å². The SMILES string of the molecule is C=CC(=O)Nc1ccc(CCC(=O)N2CCN(CC(C)C)C(=O)C2C)cc1. The van der Waals surface area contributed by atoms with Crippen molar-refractivity contribution in [1.82, 2.24) is 9.80 Å². The number of benzene rings is 1. The van der Waals surface area contributed by atoms with Gasteiger partial charge in [0.1, 0.15) is 6.04 Å². The van der Waals surface area contributed by atoms with Gasteiger partial charge in [-0.1, -0.05) is 32.6 Å². The van der Waals surface area contributed by atoms with Crippen LogP contribution in [0.1, 0.15) is 32.8 Å². The molecule has 27 heavy (non-hydrogen) atoms. The van der Waals surface area contributed by atoms with E-state index in [4.69, 9.17) is 0 Å². The first-order chi connectivity index (χ1) is 12.8. The highest BCUT2D eigenvalue weighted by Crippen LogP contribution is 2.16. The maximum atomic E-state index is 12.6. The summed E-state index contributed by atoms with van der Waals surface area (Å²) in [6.07, 6.45) is 2.18. The summed E-state index contributed by atoms with van der Waals surface area (Å²) in [6, 6.07) is 6.99. The predicted molar refractivity (Wildman–Crippen MR) is 106 cm³/mol. The molecule has 3 amide bonds. The fourth-order valence-corrected chi connectivity index (χ4v) is 3.24. The van der Waals surface area contributed by atoms with Crippen LogP contribution in [-0.4, -0.2) is 53.2 Å². The van der Waals surface area contributed by atoms with Crippen molar-refractivity contribution in [2.45, 2.75) is 39.7 Å². The average molecular weight is 371 g/mol. The molecule has 1 heterocycles. The van der Waals surface area contributed by atoms with Crippen LogP contribution in [0.3, 0.4) is 0 Å². The lowest BCUT2D eigenvalue weighted by Gasteiger charge is -2.39. The highest BCUT2D eigenvalue weighted by molar-refractivity contribution is 5.98. The highest BCUT2D eigenvalue weighted by atomic mass is 16.2. The van der Waals surface area contributed by atoms with Gasteiger partial charge in [0, 0.05) is 31.7 Å². The number of carbonyl (C=O) groups excluding carboxylic acids is 3. The van der Waals surface area contributed by atoms with E-state index in [1.807, 2.05) is 24.0 Å². The number of piperazine rings is 1. The van der Waals surface area contributed by atoms with Crippen molar-refractivity contribution in [2.75, 3.05) is 25.0 Å². The fraction of sp³-hybridized carbons (Fsp3) is 0.476. The van der Waals surface area contributed by atoms with Crippen LogP contribution in [0.4, 0.5) is 5.69 Å². The standard InChI is InChI=1S/C21H29N3O3/c1-5-19(25)22-18-9-6-17(7-10-18)8-11-20(26)24-13-12-23(14-15(2)3)21(27)16(24)4/h5-7,9-10,15-16H,1,8,11-14H2,2-4H3,(H,22,25). The van der Waals surface area contributed by atoms with Gasteiger partial charge in [-0.2, -0.15) is 0 Å². The summed E-state index contributed by atoms with van der Waals surface area (Å²) in [5.74, 6) is 0.200. The van der Waals surface area contributed by atoms with Crippen LogP contribution >= 0.6 is 0 Å². The number of aryl methyl sites for hydroxylation is 1. The third-order valence-electron chi connectivity index (χ3n) is 4.69. The minimum atomic E-state index is -0.401. The summed E-state index contributed by atoms with van der Waals surface area (Å²) in [6.45, 7) is 11.3. The molecule has 6 nitrogen and oxygen atoms in total. The summed E-state index contributed by atoms with van der Waals surface area (Å²) in [7, 11) is 0. The molecule has 2 rings (SSSR count). The molecule has 0 saturated carbocycles. The lowest BCUT2D eigenvalue weighted by atomic mass is 10.1. The van der Waals surface area contributed by atoms with Crippen LogP contribution < -0.4 is 5.32 Å². The Bertz CT molecular complexity index is 697. The third-order valence-corrected chi connectivity index (χ3v) is 4.69. The molecular weight excluding hydrogens is 342 g/mol. The first-order valence-corrected chi connectivity index (χ1v) is 9.42. The van der Waals surface area contributed by atoms with E-state index < -0.39 is 6.04 Å². The molecule has 6 heteroatoms. The zero-order valence-corrected chi connectivity index (χ0v) is 16.4. The number of nitrogens with one attached hydrogen (secondary N) is 1. The van der Waals surface area contributed by atoms with Gasteiger partial charge in [0.2, 0.25) is 17.7 Å². The Morgan fingerprint density at radius 2 is 1.93 bits per heavy atom. The van der Waals surface area contributed by atoms with E-state index in [-0.39, 0.29) is 17.7 Å². The van der Waals surface area contributed by atoms with Crippen LogP contribution in [0, 0.1) is 5.92 Å². The number of hydrogen-bond donors (Lipinski definition) is 1. The van der Waals surface area contributed by atoms with Crippen LogP contribution in [-0.2, 0) is 20.8 Å². The van der Waals surface area contributed by atoms with Crippen molar-refractivity contribution in [1.29, 1.82) is 0 Å². The second-order valence-corrected chi connectivity index (χ2v) is 7.33. The average Bonchev–Trinajstić information content (AvgIpc) is 2.64. The van der Waals surface area contributed by atoms with E-state index in [2.05, 4.69) is 25.7 Å². The minimum Gasteiger partial charge on any atom is -0.339 e. The molecule has 0 aliphatic carbocycles. The zero-order chi connectivity index (χ0) is 20.0. The number of nitrogens with zero attached hydrogens (tertiary/aromatic N) is 2. The van der Waals surface area contributed by atoms with Crippen LogP contribution in [0.2, 0.25) is 0 Å². The van der Waals surface area contributed by atoms with E-state index in [0.29, 0.717) is 37.5 Å². The molecule has 1 aromatic carbocycles. The number of anilines is 1. The number of carbonyl (C=O) groups is 3. The van der Waals surface area contributed by atoms with Gasteiger partial charge in [-0.15, -0.1) is 0 Å². The Morgan fingerprint density at radius 1 is 1.26 bits per heavy atom. The summed E-state index contributed by atoms with van der Waals surface area (Å²) < 4.78 is 0. The molecule has 1 atom stereocenters. The van der Waals surface area contributed by atoms with Gasteiger partial charge >= 0.3 is 0 Å². The van der Waals surface area contributed by atoms with Gasteiger partial charge in [0.25, 0.3) is 0 Å². The summed E-state index contributed by atoms with van der Waals surface area (Å²) in [5, 5.41) is 2.69. The molecule has 0 aromatic heterocycles. The van der Waals surface area contributed by atoms with Crippen LogP contribution in [0.25, 0.3) is 0 Å². The molecule has 0 spiro atoms. The molecule has 1 N–H and O–H groups in total. The monoisotopic (exact) mass is 371 g/mol. The maximum Gasteiger partial charge on any atom is 0.247 e. The third kappa shape index (κ3) is 5.67. The Hall–Kier alpha value is -2.63. The first-order valence-electron chi connectivity index (χ1n) is 9.42. The smallest absolute Gasteiger partial charge is 0.247 e. The van der Waals surface area contributed by atoms with Gasteiger partial charge < -0.3 is 15.1 Å². The zero-order valence-electron chi connectivity index (χ0n) is 16.4. The van der Waals surface area contributed by atoms with Crippen LogP contribution in [0.15, 0.2) is 36.9 Å². The first kappa shape index (κ1) is 20.7. The largest absolute Gasteiger partial charge is 0.339 e. The molecule has 0 bridgehead atoms. The topological polar surface area (TPSA) is 69.7 Å². The van der Waals surface area contributed by atoms with E-state index in [1.54, 1.807) is 17.0 Å². The second kappa shape index (κ2) is 9.35. The van der Waals surface area contributed by atoms with Gasteiger partial charge in [0.05, 0.1) is 0 Å². The van der Waals surface area contributed by atoms with E-state index in [1.165, 1.54) is 6.08 Å². The number of amides is 3. The van der Waals surface area contributed by atoms with Gasteiger partial charge in [0.15, 0.2) is 0 Å². The Kier molecular flexibility index (Phi) is 7.16. The van der Waals surface area contributed by atoms with Crippen molar-refractivity contribution >= 4 is 23.4 Å². The molecular formula is C21H29N3O3. The minimum absolute atomic E-state index is 0.00378. The van der Waals surface area contributed by atoms with Crippen molar-refractivity contribution in [2.24, 2.45) is 5.92 Å². The van der Waals surface area contributed by atoms with E-state index >= 15 is 0 Å². The Labute approximate surface area is 161 Å². The molecule has 1 aliphatic rings. The molecule has 0 radical (unpaired) electrons. The molecule has 1 aliphatic heterocycles. The highest BCUT2D eigenvalue weighted by Gasteiger charge is 2.33. The molecule has 1 saturated heterocycles. The van der Waals surface area contributed by atoms with Crippen LogP contribution in [0.5, 0.6) is 0 Å². The van der Waals surface area contributed by atoms with Gasteiger partial charge in [-0.25, -0.2) is 0 Å².